The van der Waals surface area contributed by atoms with Crippen molar-refractivity contribution in [3.8, 4) is 17.2 Å². The Bertz CT molecular complexity index is 1130. The molecule has 0 spiro atoms. The zero-order valence-electron chi connectivity index (χ0n) is 19.4. The zero-order chi connectivity index (χ0) is 25.9. The highest BCUT2D eigenvalue weighted by atomic mass is 19.4. The topological polar surface area (TPSA) is 106 Å². The van der Waals surface area contributed by atoms with Gasteiger partial charge in [0.25, 0.3) is 0 Å². The molecular weight excluding hydrogens is 471 g/mol. The van der Waals surface area contributed by atoms with Gasteiger partial charge in [0.1, 0.15) is 0 Å². The van der Waals surface area contributed by atoms with Crippen molar-refractivity contribution in [3.05, 3.63) is 35.9 Å². The number of hydrogen-bond donors (Lipinski definition) is 2. The van der Waals surface area contributed by atoms with E-state index >= 15 is 0 Å². The lowest BCUT2D eigenvalue weighted by atomic mass is 10.1. The summed E-state index contributed by atoms with van der Waals surface area (Å²) < 4.78 is 55.4. The summed E-state index contributed by atoms with van der Waals surface area (Å²) in [6.07, 6.45) is -4.82. The summed E-state index contributed by atoms with van der Waals surface area (Å²) in [5.74, 6) is -1.47. The molecule has 1 atom stereocenters. The van der Waals surface area contributed by atoms with E-state index in [4.69, 9.17) is 14.2 Å². The zero-order valence-corrected chi connectivity index (χ0v) is 19.4. The van der Waals surface area contributed by atoms with E-state index in [0.717, 1.165) is 18.2 Å². The molecule has 1 unspecified atom stereocenters. The fourth-order valence-electron chi connectivity index (χ4n) is 3.71. The maximum atomic E-state index is 13.2. The van der Waals surface area contributed by atoms with Crippen LogP contribution in [0.4, 0.5) is 30.2 Å². The van der Waals surface area contributed by atoms with E-state index in [2.05, 4.69) is 10.6 Å². The summed E-state index contributed by atoms with van der Waals surface area (Å²) >= 11 is 0. The summed E-state index contributed by atoms with van der Waals surface area (Å²) in [6.45, 7) is 1.16. The Kier molecular flexibility index (Phi) is 7.42. The number of halogens is 3. The largest absolute Gasteiger partial charge is 0.493 e. The molecule has 1 aliphatic rings. The summed E-state index contributed by atoms with van der Waals surface area (Å²) in [7, 11) is 4.28. The molecule has 1 heterocycles. The molecule has 3 rings (SSSR count). The van der Waals surface area contributed by atoms with Crippen molar-refractivity contribution >= 4 is 34.8 Å². The minimum absolute atomic E-state index is 0.00431. The van der Waals surface area contributed by atoms with Crippen LogP contribution in [0.2, 0.25) is 0 Å². The van der Waals surface area contributed by atoms with E-state index < -0.39 is 29.5 Å². The molecule has 3 amide bonds. The molecule has 2 aromatic carbocycles. The van der Waals surface area contributed by atoms with Gasteiger partial charge < -0.3 is 29.7 Å². The molecular formula is C23H24F3N3O6. The second-order valence-corrected chi connectivity index (χ2v) is 7.72. The third-order valence-corrected chi connectivity index (χ3v) is 5.37. The summed E-state index contributed by atoms with van der Waals surface area (Å²) in [5.41, 5.74) is -0.815. The van der Waals surface area contributed by atoms with E-state index in [-0.39, 0.29) is 30.2 Å². The minimum atomic E-state index is -4.65. The van der Waals surface area contributed by atoms with Gasteiger partial charge in [0.15, 0.2) is 11.5 Å². The lowest BCUT2D eigenvalue weighted by molar-refractivity contribution is -0.137. The van der Waals surface area contributed by atoms with Crippen molar-refractivity contribution in [3.63, 3.8) is 0 Å². The maximum Gasteiger partial charge on any atom is 0.416 e. The lowest BCUT2D eigenvalue weighted by Crippen LogP contribution is -2.28. The first-order valence-electron chi connectivity index (χ1n) is 10.4. The monoisotopic (exact) mass is 495 g/mol. The van der Waals surface area contributed by atoms with Crippen molar-refractivity contribution in [2.45, 2.75) is 19.5 Å². The van der Waals surface area contributed by atoms with Crippen LogP contribution in [0.3, 0.4) is 0 Å². The smallest absolute Gasteiger partial charge is 0.416 e. The van der Waals surface area contributed by atoms with Crippen LogP contribution in [0.5, 0.6) is 17.2 Å². The highest BCUT2D eigenvalue weighted by Gasteiger charge is 2.37. The van der Waals surface area contributed by atoms with E-state index in [9.17, 15) is 27.6 Å². The van der Waals surface area contributed by atoms with E-state index in [1.807, 2.05) is 0 Å². The molecule has 0 aromatic heterocycles. The van der Waals surface area contributed by atoms with Gasteiger partial charge in [-0.2, -0.15) is 13.2 Å². The molecule has 0 saturated carbocycles. The first-order chi connectivity index (χ1) is 16.5. The van der Waals surface area contributed by atoms with Gasteiger partial charge in [-0.1, -0.05) is 0 Å². The van der Waals surface area contributed by atoms with Gasteiger partial charge in [-0.05, 0) is 18.2 Å². The molecule has 2 aromatic rings. The number of anilines is 3. The van der Waals surface area contributed by atoms with Crippen LogP contribution in [0, 0.1) is 5.92 Å². The molecule has 0 aliphatic carbocycles. The molecule has 188 valence electrons. The van der Waals surface area contributed by atoms with Gasteiger partial charge in [0, 0.05) is 32.0 Å². The number of nitrogens with zero attached hydrogens (tertiary/aromatic N) is 1. The lowest BCUT2D eigenvalue weighted by Gasteiger charge is -2.20. The molecule has 0 bridgehead atoms. The SMILES string of the molecule is COc1cc(N2CC(C(=O)Nc3cc(C(F)(F)F)ccc3NC(C)=O)CC2=O)cc(OC)c1OC. The van der Waals surface area contributed by atoms with Crippen LogP contribution in [0.15, 0.2) is 30.3 Å². The Morgan fingerprint density at radius 1 is 0.971 bits per heavy atom. The normalized spacial score (nSPS) is 15.6. The van der Waals surface area contributed by atoms with Crippen LogP contribution in [0.1, 0.15) is 18.9 Å². The molecule has 0 radical (unpaired) electrons. The molecule has 2 N–H and O–H groups in total. The van der Waals surface area contributed by atoms with Crippen molar-refractivity contribution in [1.29, 1.82) is 0 Å². The number of carbonyl (C=O) groups excluding carboxylic acids is 3. The number of nitrogens with one attached hydrogen (secondary N) is 2. The van der Waals surface area contributed by atoms with Gasteiger partial charge in [-0.25, -0.2) is 0 Å². The van der Waals surface area contributed by atoms with Crippen LogP contribution in [0.25, 0.3) is 0 Å². The van der Waals surface area contributed by atoms with Crippen molar-refractivity contribution < 1.29 is 41.8 Å². The fourth-order valence-corrected chi connectivity index (χ4v) is 3.71. The number of rotatable bonds is 7. The summed E-state index contributed by atoms with van der Waals surface area (Å²) in [6, 6.07) is 5.70. The van der Waals surface area contributed by atoms with Gasteiger partial charge in [-0.3, -0.25) is 14.4 Å². The molecule has 1 fully saturated rings. The van der Waals surface area contributed by atoms with Crippen molar-refractivity contribution in [2.24, 2.45) is 5.92 Å². The third-order valence-electron chi connectivity index (χ3n) is 5.37. The maximum absolute atomic E-state index is 13.2. The number of carbonyl (C=O) groups is 3. The Morgan fingerprint density at radius 3 is 2.11 bits per heavy atom. The third kappa shape index (κ3) is 5.58. The van der Waals surface area contributed by atoms with Gasteiger partial charge in [0.2, 0.25) is 23.5 Å². The van der Waals surface area contributed by atoms with Gasteiger partial charge in [-0.15, -0.1) is 0 Å². The molecule has 1 aliphatic heterocycles. The summed E-state index contributed by atoms with van der Waals surface area (Å²) in [4.78, 5) is 38.5. The average molecular weight is 495 g/mol. The number of amides is 3. The molecule has 12 heteroatoms. The van der Waals surface area contributed by atoms with Crippen molar-refractivity contribution in [1.82, 2.24) is 0 Å². The fraction of sp³-hybridized carbons (Fsp3) is 0.348. The highest BCUT2D eigenvalue weighted by Crippen LogP contribution is 2.42. The predicted octanol–water partition coefficient (Wildman–Crippen LogP) is 3.68. The Labute approximate surface area is 199 Å². The number of alkyl halides is 3. The number of benzene rings is 2. The molecule has 9 nitrogen and oxygen atoms in total. The van der Waals surface area contributed by atoms with Crippen LogP contribution in [-0.4, -0.2) is 45.6 Å². The van der Waals surface area contributed by atoms with Crippen LogP contribution < -0.4 is 29.7 Å². The summed E-state index contributed by atoms with van der Waals surface area (Å²) in [5, 5.41) is 4.81. The van der Waals surface area contributed by atoms with Crippen LogP contribution >= 0.6 is 0 Å². The van der Waals surface area contributed by atoms with Gasteiger partial charge in [0.05, 0.1) is 49.9 Å². The second-order valence-electron chi connectivity index (χ2n) is 7.72. The number of hydrogen-bond acceptors (Lipinski definition) is 6. The molecule has 35 heavy (non-hydrogen) atoms. The highest BCUT2D eigenvalue weighted by molar-refractivity contribution is 6.05. The van der Waals surface area contributed by atoms with Crippen LogP contribution in [-0.2, 0) is 20.6 Å². The number of ether oxygens (including phenoxy) is 3. The number of methoxy groups -OCH3 is 3. The first-order valence-corrected chi connectivity index (χ1v) is 10.4. The van der Waals surface area contributed by atoms with E-state index in [1.54, 1.807) is 12.1 Å². The molecule has 1 saturated heterocycles. The first kappa shape index (κ1) is 25.7. The van der Waals surface area contributed by atoms with Gasteiger partial charge >= 0.3 is 6.18 Å². The van der Waals surface area contributed by atoms with Crippen molar-refractivity contribution in [2.75, 3.05) is 43.4 Å². The standard InChI is InChI=1S/C23H24F3N3O6/c1-12(30)27-16-6-5-14(23(24,25)26)8-17(16)28-22(32)13-7-20(31)29(11-13)15-9-18(33-2)21(35-4)19(10-15)34-3/h5-6,8-10,13H,7,11H2,1-4H3,(H,27,30)(H,28,32). The van der Waals surface area contributed by atoms with E-state index in [0.29, 0.717) is 22.9 Å². The Hall–Kier alpha value is -3.96. The second kappa shape index (κ2) is 10.1. The average Bonchev–Trinajstić information content (AvgIpc) is 3.19. The van der Waals surface area contributed by atoms with E-state index in [1.165, 1.54) is 33.2 Å². The predicted molar refractivity (Wildman–Crippen MR) is 121 cm³/mol. The Balaban J connectivity index is 1.86. The Morgan fingerprint density at radius 2 is 1.60 bits per heavy atom. The minimum Gasteiger partial charge on any atom is -0.493 e. The quantitative estimate of drug-likeness (QED) is 0.607.